The molecule has 0 aliphatic carbocycles. The van der Waals surface area contributed by atoms with E-state index in [2.05, 4.69) is 20.2 Å². The van der Waals surface area contributed by atoms with E-state index in [-0.39, 0.29) is 5.91 Å². The first-order chi connectivity index (χ1) is 14.6. The van der Waals surface area contributed by atoms with Gasteiger partial charge < -0.3 is 15.0 Å². The number of aromatic nitrogens is 2. The number of nitrogens with one attached hydrogen (secondary N) is 1. The zero-order valence-electron chi connectivity index (χ0n) is 17.4. The summed E-state index contributed by atoms with van der Waals surface area (Å²) in [6, 6.07) is 11.9. The third-order valence-corrected chi connectivity index (χ3v) is 6.31. The van der Waals surface area contributed by atoms with E-state index in [1.165, 1.54) is 24.2 Å². The minimum absolute atomic E-state index is 0.106. The Morgan fingerprint density at radius 2 is 1.93 bits per heavy atom. The Morgan fingerprint density at radius 1 is 1.17 bits per heavy atom. The maximum absolute atomic E-state index is 12.7. The molecule has 6 nitrogen and oxygen atoms in total. The minimum Gasteiger partial charge on any atom is -0.494 e. The highest BCUT2D eigenvalue weighted by Crippen LogP contribution is 2.29. The van der Waals surface area contributed by atoms with E-state index >= 15 is 0 Å². The molecule has 3 aromatic rings. The zero-order valence-corrected chi connectivity index (χ0v) is 18.2. The van der Waals surface area contributed by atoms with Crippen LogP contribution >= 0.6 is 11.3 Å². The Kier molecular flexibility index (Phi) is 6.28. The molecule has 0 bridgehead atoms. The second-order valence-electron chi connectivity index (χ2n) is 7.29. The number of aryl methyl sites for hydroxylation is 1. The first kappa shape index (κ1) is 20.3. The molecule has 1 aromatic carbocycles. The van der Waals surface area contributed by atoms with Crippen molar-refractivity contribution in [1.29, 1.82) is 0 Å². The van der Waals surface area contributed by atoms with Crippen LogP contribution in [0.1, 0.15) is 40.7 Å². The van der Waals surface area contributed by atoms with Crippen molar-refractivity contribution in [3.63, 3.8) is 0 Å². The summed E-state index contributed by atoms with van der Waals surface area (Å²) in [5.74, 6) is 1.74. The molecular weight excluding hydrogens is 396 g/mol. The van der Waals surface area contributed by atoms with Crippen LogP contribution < -0.4 is 15.0 Å². The van der Waals surface area contributed by atoms with E-state index < -0.39 is 0 Å². The molecule has 1 aliphatic heterocycles. The van der Waals surface area contributed by atoms with Crippen LogP contribution in [0.25, 0.3) is 10.6 Å². The molecule has 0 spiro atoms. The summed E-state index contributed by atoms with van der Waals surface area (Å²) in [7, 11) is 0. The number of carbonyl (C=O) groups excluding carboxylic acids is 1. The topological polar surface area (TPSA) is 67.3 Å². The third kappa shape index (κ3) is 4.62. The summed E-state index contributed by atoms with van der Waals surface area (Å²) >= 11 is 1.41. The van der Waals surface area contributed by atoms with Gasteiger partial charge in [-0.1, -0.05) is 6.07 Å². The Balaban J connectivity index is 1.38. The number of benzene rings is 1. The molecule has 30 heavy (non-hydrogen) atoms. The fourth-order valence-electron chi connectivity index (χ4n) is 3.51. The lowest BCUT2D eigenvalue weighted by Crippen LogP contribution is -2.23. The van der Waals surface area contributed by atoms with E-state index in [1.807, 2.05) is 56.4 Å². The van der Waals surface area contributed by atoms with E-state index in [0.717, 1.165) is 46.5 Å². The molecule has 2 aromatic heterocycles. The molecule has 1 N–H and O–H groups in total. The van der Waals surface area contributed by atoms with Crippen molar-refractivity contribution in [2.75, 3.05) is 24.6 Å². The highest BCUT2D eigenvalue weighted by Gasteiger charge is 2.17. The molecule has 1 fully saturated rings. The van der Waals surface area contributed by atoms with Gasteiger partial charge in [0.25, 0.3) is 5.91 Å². The lowest BCUT2D eigenvalue weighted by molar-refractivity contribution is 0.0954. The number of hydrogen-bond donors (Lipinski definition) is 1. The number of thiazole rings is 1. The Labute approximate surface area is 180 Å². The van der Waals surface area contributed by atoms with Crippen LogP contribution in [0.4, 0.5) is 5.82 Å². The molecule has 0 atom stereocenters. The number of carbonyl (C=O) groups is 1. The van der Waals surface area contributed by atoms with Gasteiger partial charge in [0, 0.05) is 31.4 Å². The van der Waals surface area contributed by atoms with E-state index in [9.17, 15) is 4.79 Å². The first-order valence-electron chi connectivity index (χ1n) is 10.3. The van der Waals surface area contributed by atoms with Gasteiger partial charge in [0.05, 0.1) is 12.3 Å². The minimum atomic E-state index is -0.106. The van der Waals surface area contributed by atoms with Gasteiger partial charge in [-0.15, -0.1) is 11.3 Å². The van der Waals surface area contributed by atoms with Crippen molar-refractivity contribution in [2.24, 2.45) is 0 Å². The van der Waals surface area contributed by atoms with Crippen LogP contribution in [0.3, 0.4) is 0 Å². The molecule has 156 valence electrons. The summed E-state index contributed by atoms with van der Waals surface area (Å²) in [5, 5.41) is 3.82. The number of hydrogen-bond acceptors (Lipinski definition) is 6. The number of rotatable bonds is 7. The predicted octanol–water partition coefficient (Wildman–Crippen LogP) is 4.44. The van der Waals surface area contributed by atoms with Crippen molar-refractivity contribution in [2.45, 2.75) is 33.2 Å². The van der Waals surface area contributed by atoms with Crippen LogP contribution in [-0.4, -0.2) is 35.6 Å². The average Bonchev–Trinajstić information content (AvgIpc) is 3.43. The van der Waals surface area contributed by atoms with E-state index in [0.29, 0.717) is 18.0 Å². The van der Waals surface area contributed by atoms with Crippen LogP contribution in [0.15, 0.2) is 42.6 Å². The first-order valence-corrected chi connectivity index (χ1v) is 11.1. The molecule has 1 saturated heterocycles. The molecule has 3 heterocycles. The van der Waals surface area contributed by atoms with Gasteiger partial charge in [0.1, 0.15) is 21.5 Å². The van der Waals surface area contributed by atoms with Crippen molar-refractivity contribution < 1.29 is 9.53 Å². The van der Waals surface area contributed by atoms with Gasteiger partial charge in [-0.25, -0.2) is 9.97 Å². The standard InChI is InChI=1S/C23H26N4O2S/c1-3-29-19-9-7-18(8-10-19)23-26-16(2)21(30-23)22(28)25-15-17-6-11-20(24-14-17)27-12-4-5-13-27/h6-11,14H,3-5,12-13,15H2,1-2H3,(H,25,28). The Hall–Kier alpha value is -2.93. The maximum Gasteiger partial charge on any atom is 0.263 e. The van der Waals surface area contributed by atoms with Gasteiger partial charge in [0.2, 0.25) is 0 Å². The molecular formula is C23H26N4O2S. The highest BCUT2D eigenvalue weighted by molar-refractivity contribution is 7.17. The third-order valence-electron chi connectivity index (χ3n) is 5.11. The molecule has 0 saturated carbocycles. The SMILES string of the molecule is CCOc1ccc(-c2nc(C)c(C(=O)NCc3ccc(N4CCCC4)nc3)s2)cc1. The lowest BCUT2D eigenvalue weighted by atomic mass is 10.2. The van der Waals surface area contributed by atoms with Gasteiger partial charge in [-0.3, -0.25) is 4.79 Å². The highest BCUT2D eigenvalue weighted by atomic mass is 32.1. The largest absolute Gasteiger partial charge is 0.494 e. The van der Waals surface area contributed by atoms with Crippen LogP contribution in [0, 0.1) is 6.92 Å². The van der Waals surface area contributed by atoms with Crippen molar-refractivity contribution in [1.82, 2.24) is 15.3 Å². The van der Waals surface area contributed by atoms with Gasteiger partial charge in [-0.2, -0.15) is 0 Å². The Morgan fingerprint density at radius 3 is 2.60 bits per heavy atom. The Bertz CT molecular complexity index is 993. The van der Waals surface area contributed by atoms with Gasteiger partial charge >= 0.3 is 0 Å². The van der Waals surface area contributed by atoms with Gasteiger partial charge in [0.15, 0.2) is 0 Å². The molecule has 0 unspecified atom stereocenters. The van der Waals surface area contributed by atoms with Gasteiger partial charge in [-0.05, 0) is 62.6 Å². The molecule has 4 rings (SSSR count). The van der Waals surface area contributed by atoms with Crippen molar-refractivity contribution in [3.8, 4) is 16.3 Å². The summed E-state index contributed by atoms with van der Waals surface area (Å²) in [4.78, 5) is 24.8. The summed E-state index contributed by atoms with van der Waals surface area (Å²) < 4.78 is 5.49. The lowest BCUT2D eigenvalue weighted by Gasteiger charge is -2.16. The molecule has 1 aliphatic rings. The number of ether oxygens (including phenoxy) is 1. The van der Waals surface area contributed by atoms with Crippen molar-refractivity contribution in [3.05, 3.63) is 58.7 Å². The van der Waals surface area contributed by atoms with E-state index in [1.54, 1.807) is 0 Å². The normalized spacial score (nSPS) is 13.5. The maximum atomic E-state index is 12.7. The fourth-order valence-corrected chi connectivity index (χ4v) is 4.50. The molecule has 0 radical (unpaired) electrons. The molecule has 1 amide bonds. The molecule has 7 heteroatoms. The second-order valence-corrected chi connectivity index (χ2v) is 8.29. The summed E-state index contributed by atoms with van der Waals surface area (Å²) in [6.45, 7) is 7.06. The van der Waals surface area contributed by atoms with Crippen molar-refractivity contribution >= 4 is 23.1 Å². The fraction of sp³-hybridized carbons (Fsp3) is 0.348. The number of amides is 1. The number of pyridine rings is 1. The smallest absolute Gasteiger partial charge is 0.263 e. The number of nitrogens with zero attached hydrogens (tertiary/aromatic N) is 3. The van der Waals surface area contributed by atoms with E-state index in [4.69, 9.17) is 4.74 Å². The average molecular weight is 423 g/mol. The predicted molar refractivity (Wildman–Crippen MR) is 120 cm³/mol. The zero-order chi connectivity index (χ0) is 20.9. The summed E-state index contributed by atoms with van der Waals surface area (Å²) in [5.41, 5.74) is 2.70. The number of anilines is 1. The van der Waals surface area contributed by atoms with Crippen LogP contribution in [0.2, 0.25) is 0 Å². The quantitative estimate of drug-likeness (QED) is 0.610. The summed E-state index contributed by atoms with van der Waals surface area (Å²) in [6.07, 6.45) is 4.30. The van der Waals surface area contributed by atoms with Crippen LogP contribution in [-0.2, 0) is 6.54 Å². The second kappa shape index (κ2) is 9.26. The monoisotopic (exact) mass is 422 g/mol. The van der Waals surface area contributed by atoms with Crippen LogP contribution in [0.5, 0.6) is 5.75 Å².